The largest absolute Gasteiger partial charge is 0.392 e. The van der Waals surface area contributed by atoms with Gasteiger partial charge in [-0.1, -0.05) is 42.5 Å². The van der Waals surface area contributed by atoms with Crippen molar-refractivity contribution in [2.24, 2.45) is 0 Å². The van der Waals surface area contributed by atoms with Crippen molar-refractivity contribution in [2.45, 2.75) is 13.2 Å². The van der Waals surface area contributed by atoms with Crippen LogP contribution in [0.25, 0.3) is 16.8 Å². The third-order valence-corrected chi connectivity index (χ3v) is 4.31. The molecule has 0 aliphatic rings. The van der Waals surface area contributed by atoms with Crippen molar-refractivity contribution in [1.82, 2.24) is 14.2 Å². The van der Waals surface area contributed by atoms with E-state index in [0.29, 0.717) is 22.3 Å². The van der Waals surface area contributed by atoms with Crippen molar-refractivity contribution in [2.75, 3.05) is 0 Å². The van der Waals surface area contributed by atoms with E-state index in [2.05, 4.69) is 5.10 Å². The van der Waals surface area contributed by atoms with Gasteiger partial charge in [-0.3, -0.25) is 4.79 Å². The Morgan fingerprint density at radius 2 is 1.85 bits per heavy atom. The molecular formula is C20H16FN3O2. The summed E-state index contributed by atoms with van der Waals surface area (Å²) in [6.45, 7) is -0.0588. The molecule has 4 rings (SSSR count). The monoisotopic (exact) mass is 349 g/mol. The first kappa shape index (κ1) is 16.2. The van der Waals surface area contributed by atoms with Crippen molar-refractivity contribution in [1.29, 1.82) is 0 Å². The van der Waals surface area contributed by atoms with Crippen LogP contribution in [0.5, 0.6) is 0 Å². The van der Waals surface area contributed by atoms with Crippen LogP contribution in [0.2, 0.25) is 0 Å². The molecule has 0 saturated heterocycles. The van der Waals surface area contributed by atoms with E-state index in [1.165, 1.54) is 21.2 Å². The molecule has 0 unspecified atom stereocenters. The molecule has 2 aromatic carbocycles. The molecule has 0 atom stereocenters. The molecular weight excluding hydrogens is 333 g/mol. The van der Waals surface area contributed by atoms with Gasteiger partial charge in [0.1, 0.15) is 11.3 Å². The Morgan fingerprint density at radius 3 is 2.58 bits per heavy atom. The fourth-order valence-electron chi connectivity index (χ4n) is 3.09. The van der Waals surface area contributed by atoms with Gasteiger partial charge in [0.25, 0.3) is 5.56 Å². The summed E-state index contributed by atoms with van der Waals surface area (Å²) in [4.78, 5) is 12.9. The van der Waals surface area contributed by atoms with E-state index in [-0.39, 0.29) is 24.5 Å². The van der Waals surface area contributed by atoms with E-state index in [1.54, 1.807) is 24.5 Å². The Hall–Kier alpha value is -3.25. The quantitative estimate of drug-likeness (QED) is 0.616. The van der Waals surface area contributed by atoms with Crippen LogP contribution in [-0.2, 0) is 13.2 Å². The Labute approximate surface area is 148 Å². The number of halogens is 1. The van der Waals surface area contributed by atoms with Gasteiger partial charge < -0.3 is 9.67 Å². The SMILES string of the molecule is O=c1c2c(CO)c(-c3ccccc3)nn2ccn1Cc1cccc(F)c1. The van der Waals surface area contributed by atoms with Gasteiger partial charge in [-0.05, 0) is 17.7 Å². The van der Waals surface area contributed by atoms with Gasteiger partial charge in [0.15, 0.2) is 0 Å². The lowest BCUT2D eigenvalue weighted by atomic mass is 10.1. The zero-order chi connectivity index (χ0) is 18.1. The molecule has 6 heteroatoms. The Kier molecular flexibility index (Phi) is 4.10. The molecule has 0 fully saturated rings. The number of aliphatic hydroxyl groups excluding tert-OH is 1. The van der Waals surface area contributed by atoms with Crippen LogP contribution in [0.3, 0.4) is 0 Å². The number of hydrogen-bond acceptors (Lipinski definition) is 3. The first-order chi connectivity index (χ1) is 12.7. The summed E-state index contributed by atoms with van der Waals surface area (Å²) < 4.78 is 16.4. The molecule has 0 aliphatic heterocycles. The maximum atomic E-state index is 13.4. The molecule has 5 nitrogen and oxygen atoms in total. The molecule has 2 aromatic heterocycles. The molecule has 26 heavy (non-hydrogen) atoms. The number of fused-ring (bicyclic) bond motifs is 1. The van der Waals surface area contributed by atoms with Gasteiger partial charge in [0.05, 0.1) is 18.8 Å². The normalized spacial score (nSPS) is 11.2. The van der Waals surface area contributed by atoms with Gasteiger partial charge in [0.2, 0.25) is 0 Å². The van der Waals surface area contributed by atoms with Gasteiger partial charge in [-0.2, -0.15) is 5.10 Å². The van der Waals surface area contributed by atoms with Gasteiger partial charge in [-0.25, -0.2) is 8.91 Å². The predicted molar refractivity (Wildman–Crippen MR) is 96.3 cm³/mol. The third-order valence-electron chi connectivity index (χ3n) is 4.31. The van der Waals surface area contributed by atoms with E-state index in [4.69, 9.17) is 0 Å². The molecule has 4 aromatic rings. The second-order valence-corrected chi connectivity index (χ2v) is 6.01. The van der Waals surface area contributed by atoms with Crippen molar-refractivity contribution in [3.63, 3.8) is 0 Å². The summed E-state index contributed by atoms with van der Waals surface area (Å²) in [7, 11) is 0. The lowest BCUT2D eigenvalue weighted by Gasteiger charge is -2.07. The van der Waals surface area contributed by atoms with E-state index >= 15 is 0 Å². The molecule has 0 amide bonds. The van der Waals surface area contributed by atoms with E-state index in [9.17, 15) is 14.3 Å². The van der Waals surface area contributed by atoms with Crippen LogP contribution >= 0.6 is 0 Å². The minimum Gasteiger partial charge on any atom is -0.392 e. The smallest absolute Gasteiger partial charge is 0.277 e. The van der Waals surface area contributed by atoms with Crippen LogP contribution in [0, 0.1) is 5.82 Å². The summed E-state index contributed by atoms with van der Waals surface area (Å²) in [5, 5.41) is 14.3. The summed E-state index contributed by atoms with van der Waals surface area (Å²) in [6.07, 6.45) is 3.28. The van der Waals surface area contributed by atoms with Crippen LogP contribution in [-0.4, -0.2) is 19.3 Å². The first-order valence-corrected chi connectivity index (χ1v) is 8.19. The number of aliphatic hydroxyl groups is 1. The maximum Gasteiger partial charge on any atom is 0.277 e. The Bertz CT molecular complexity index is 1130. The topological polar surface area (TPSA) is 59.5 Å². The van der Waals surface area contributed by atoms with Crippen LogP contribution in [0.15, 0.2) is 71.8 Å². The number of hydrogen-bond donors (Lipinski definition) is 1. The highest BCUT2D eigenvalue weighted by Gasteiger charge is 2.17. The van der Waals surface area contributed by atoms with E-state index in [0.717, 1.165) is 5.56 Å². The molecule has 2 heterocycles. The lowest BCUT2D eigenvalue weighted by molar-refractivity contribution is 0.283. The van der Waals surface area contributed by atoms with Crippen LogP contribution in [0.4, 0.5) is 4.39 Å². The highest BCUT2D eigenvalue weighted by Crippen LogP contribution is 2.24. The number of nitrogens with zero attached hydrogens (tertiary/aromatic N) is 3. The minimum absolute atomic E-state index is 0.240. The maximum absolute atomic E-state index is 13.4. The van der Waals surface area contributed by atoms with Crippen molar-refractivity contribution >= 4 is 5.52 Å². The summed E-state index contributed by atoms with van der Waals surface area (Å²) in [5.41, 5.74) is 2.62. The van der Waals surface area contributed by atoms with Gasteiger partial charge >= 0.3 is 0 Å². The fraction of sp³-hybridized carbons (Fsp3) is 0.100. The zero-order valence-corrected chi connectivity index (χ0v) is 13.8. The summed E-state index contributed by atoms with van der Waals surface area (Å²) >= 11 is 0. The number of aromatic nitrogens is 3. The summed E-state index contributed by atoms with van der Waals surface area (Å²) in [5.74, 6) is -0.344. The molecule has 0 saturated carbocycles. The van der Waals surface area contributed by atoms with Crippen molar-refractivity contribution < 1.29 is 9.50 Å². The summed E-state index contributed by atoms with van der Waals surface area (Å²) in [6, 6.07) is 15.5. The second kappa shape index (κ2) is 6.57. The van der Waals surface area contributed by atoms with Crippen molar-refractivity contribution in [3.05, 3.63) is 94.3 Å². The molecule has 0 bridgehead atoms. The standard InChI is InChI=1S/C20H16FN3O2/c21-16-8-4-5-14(11-16)12-23-9-10-24-19(20(23)26)17(13-25)18(22-24)15-6-2-1-3-7-15/h1-11,25H,12-13H2. The number of rotatable bonds is 4. The average molecular weight is 349 g/mol. The molecule has 0 aliphatic carbocycles. The van der Waals surface area contributed by atoms with E-state index in [1.807, 2.05) is 30.3 Å². The average Bonchev–Trinajstić information content (AvgIpc) is 3.04. The highest BCUT2D eigenvalue weighted by molar-refractivity contribution is 5.72. The minimum atomic E-state index is -0.344. The van der Waals surface area contributed by atoms with Gasteiger partial charge in [-0.15, -0.1) is 0 Å². The second-order valence-electron chi connectivity index (χ2n) is 6.01. The molecule has 130 valence electrons. The van der Waals surface area contributed by atoms with E-state index < -0.39 is 0 Å². The molecule has 1 N–H and O–H groups in total. The Morgan fingerprint density at radius 1 is 1.04 bits per heavy atom. The van der Waals surface area contributed by atoms with Crippen LogP contribution < -0.4 is 5.56 Å². The third kappa shape index (κ3) is 2.80. The highest BCUT2D eigenvalue weighted by atomic mass is 19.1. The zero-order valence-electron chi connectivity index (χ0n) is 13.8. The Balaban J connectivity index is 1.86. The van der Waals surface area contributed by atoms with Crippen LogP contribution in [0.1, 0.15) is 11.1 Å². The number of benzene rings is 2. The van der Waals surface area contributed by atoms with Gasteiger partial charge in [0, 0.05) is 23.5 Å². The molecule has 0 spiro atoms. The lowest BCUT2D eigenvalue weighted by Crippen LogP contribution is -2.22. The predicted octanol–water partition coefficient (Wildman–Crippen LogP) is 2.84. The molecule has 0 radical (unpaired) electrons. The fourth-order valence-corrected chi connectivity index (χ4v) is 3.09. The first-order valence-electron chi connectivity index (χ1n) is 8.19. The van der Waals surface area contributed by atoms with Crippen molar-refractivity contribution in [3.8, 4) is 11.3 Å².